The van der Waals surface area contributed by atoms with Crippen molar-refractivity contribution >= 4 is 0 Å². The lowest BCUT2D eigenvalue weighted by Crippen LogP contribution is -2.45. The summed E-state index contributed by atoms with van der Waals surface area (Å²) in [7, 11) is 6.25. The Bertz CT molecular complexity index is 637. The van der Waals surface area contributed by atoms with Gasteiger partial charge >= 0.3 is 0 Å². The highest BCUT2D eigenvalue weighted by Gasteiger charge is 2.48. The monoisotopic (exact) mass is 302 g/mol. The molecule has 0 amide bonds. The minimum atomic E-state index is -0.534. The Balaban J connectivity index is 1.92. The van der Waals surface area contributed by atoms with Crippen LogP contribution in [-0.2, 0) is 6.54 Å². The van der Waals surface area contributed by atoms with Crippen LogP contribution in [0.3, 0.4) is 0 Å². The van der Waals surface area contributed by atoms with E-state index in [1.165, 1.54) is 11.1 Å². The van der Waals surface area contributed by atoms with Gasteiger partial charge in [0.2, 0.25) is 0 Å². The van der Waals surface area contributed by atoms with Crippen molar-refractivity contribution in [2.45, 2.75) is 31.1 Å². The number of aliphatic hydroxyl groups excluding tert-OH is 1. The SMILES string of the molecule is COc1ccc2c3c1O[C@@H]1C3C(C=C[C@H]1O)CC[N+](C)(C)C2. The van der Waals surface area contributed by atoms with E-state index < -0.39 is 6.10 Å². The lowest BCUT2D eigenvalue weighted by atomic mass is 9.73. The number of allylic oxidation sites excluding steroid dienone is 1. The van der Waals surface area contributed by atoms with E-state index in [1.807, 2.05) is 12.1 Å². The summed E-state index contributed by atoms with van der Waals surface area (Å²) in [6, 6.07) is 4.18. The Morgan fingerprint density at radius 3 is 2.86 bits per heavy atom. The molecule has 2 aliphatic heterocycles. The van der Waals surface area contributed by atoms with E-state index in [4.69, 9.17) is 9.47 Å². The highest BCUT2D eigenvalue weighted by Crippen LogP contribution is 2.53. The van der Waals surface area contributed by atoms with Crippen molar-refractivity contribution in [2.75, 3.05) is 27.7 Å². The summed E-state index contributed by atoms with van der Waals surface area (Å²) >= 11 is 0. The van der Waals surface area contributed by atoms with Crippen molar-refractivity contribution in [1.82, 2.24) is 0 Å². The van der Waals surface area contributed by atoms with Crippen LogP contribution in [0.4, 0.5) is 0 Å². The van der Waals surface area contributed by atoms with Crippen LogP contribution >= 0.6 is 0 Å². The Labute approximate surface area is 131 Å². The van der Waals surface area contributed by atoms with Gasteiger partial charge in [0.1, 0.15) is 18.8 Å². The molecule has 0 saturated carbocycles. The van der Waals surface area contributed by atoms with Gasteiger partial charge in [0.05, 0.1) is 27.7 Å². The van der Waals surface area contributed by atoms with Gasteiger partial charge in [0, 0.05) is 23.5 Å². The van der Waals surface area contributed by atoms with Gasteiger partial charge in [-0.2, -0.15) is 0 Å². The molecular formula is C18H24NO3+. The molecule has 0 radical (unpaired) electrons. The van der Waals surface area contributed by atoms with E-state index in [-0.39, 0.29) is 12.0 Å². The van der Waals surface area contributed by atoms with Crippen LogP contribution in [0, 0.1) is 5.92 Å². The maximum absolute atomic E-state index is 10.4. The van der Waals surface area contributed by atoms with E-state index in [2.05, 4.69) is 26.2 Å². The van der Waals surface area contributed by atoms with Gasteiger partial charge in [-0.1, -0.05) is 12.2 Å². The minimum absolute atomic E-state index is 0.172. The van der Waals surface area contributed by atoms with Gasteiger partial charge < -0.3 is 19.1 Å². The number of nitrogens with zero attached hydrogens (tertiary/aromatic N) is 1. The fourth-order valence-electron chi connectivity index (χ4n) is 4.32. The highest BCUT2D eigenvalue weighted by molar-refractivity contribution is 5.57. The fraction of sp³-hybridized carbons (Fsp3) is 0.556. The summed E-state index contributed by atoms with van der Waals surface area (Å²) in [4.78, 5) is 0. The van der Waals surface area contributed by atoms with Crippen LogP contribution in [0.1, 0.15) is 23.5 Å². The highest BCUT2D eigenvalue weighted by atomic mass is 16.5. The molecule has 4 rings (SSSR count). The Hall–Kier alpha value is -1.52. The largest absolute Gasteiger partial charge is 0.493 e. The molecule has 118 valence electrons. The first-order chi connectivity index (χ1) is 10.5. The molecule has 0 fully saturated rings. The van der Waals surface area contributed by atoms with Gasteiger partial charge in [-0.3, -0.25) is 0 Å². The standard InChI is InChI=1S/C18H24NO3/c1-19(2)9-8-11-4-6-13(20)17-15(11)16-12(10-19)5-7-14(21-3)18(16)22-17/h4-7,11,13,15,17,20H,8-10H2,1-3H3/q+1/t11?,13-,15?,17+/m1/s1. The first-order valence-electron chi connectivity index (χ1n) is 8.05. The maximum atomic E-state index is 10.4. The number of hydrogen-bond donors (Lipinski definition) is 1. The van der Waals surface area contributed by atoms with Crippen molar-refractivity contribution in [3.05, 3.63) is 35.4 Å². The van der Waals surface area contributed by atoms with Crippen LogP contribution in [0.15, 0.2) is 24.3 Å². The zero-order valence-electron chi connectivity index (χ0n) is 13.5. The second-order valence-electron chi connectivity index (χ2n) is 7.42. The Kier molecular flexibility index (Phi) is 3.03. The van der Waals surface area contributed by atoms with Crippen molar-refractivity contribution in [3.63, 3.8) is 0 Å². The normalized spacial score (nSPS) is 34.4. The molecule has 1 aliphatic carbocycles. The lowest BCUT2D eigenvalue weighted by molar-refractivity contribution is -0.904. The smallest absolute Gasteiger partial charge is 0.165 e. The molecule has 3 aliphatic rings. The summed E-state index contributed by atoms with van der Waals surface area (Å²) in [5.41, 5.74) is 2.60. The topological polar surface area (TPSA) is 38.7 Å². The molecule has 0 aromatic heterocycles. The number of methoxy groups -OCH3 is 1. The number of quaternary nitrogens is 1. The summed E-state index contributed by atoms with van der Waals surface area (Å²) in [6.07, 6.45) is 4.52. The average Bonchev–Trinajstić information content (AvgIpc) is 2.87. The number of hydrogen-bond acceptors (Lipinski definition) is 3. The molecule has 0 bridgehead atoms. The van der Waals surface area contributed by atoms with Crippen molar-refractivity contribution in [2.24, 2.45) is 5.92 Å². The fourth-order valence-corrected chi connectivity index (χ4v) is 4.32. The second kappa shape index (κ2) is 4.74. The van der Waals surface area contributed by atoms with E-state index in [0.717, 1.165) is 35.5 Å². The molecule has 0 spiro atoms. The van der Waals surface area contributed by atoms with Crippen molar-refractivity contribution < 1.29 is 19.1 Å². The third-order valence-corrected chi connectivity index (χ3v) is 5.43. The predicted octanol–water partition coefficient (Wildman–Crippen LogP) is 2.07. The summed E-state index contributed by atoms with van der Waals surface area (Å²) in [5, 5.41) is 10.4. The third-order valence-electron chi connectivity index (χ3n) is 5.43. The van der Waals surface area contributed by atoms with Crippen LogP contribution in [-0.4, -0.2) is 49.5 Å². The second-order valence-corrected chi connectivity index (χ2v) is 7.42. The van der Waals surface area contributed by atoms with E-state index in [9.17, 15) is 5.11 Å². The molecule has 22 heavy (non-hydrogen) atoms. The van der Waals surface area contributed by atoms with Gasteiger partial charge in [-0.15, -0.1) is 0 Å². The zero-order chi connectivity index (χ0) is 15.5. The molecule has 1 aromatic rings. The number of aliphatic hydroxyl groups is 1. The Morgan fingerprint density at radius 1 is 1.27 bits per heavy atom. The first kappa shape index (κ1) is 14.1. The van der Waals surface area contributed by atoms with E-state index >= 15 is 0 Å². The molecule has 1 N–H and O–H groups in total. The molecule has 2 unspecified atom stereocenters. The van der Waals surface area contributed by atoms with Gasteiger partial charge in [-0.05, 0) is 18.1 Å². The minimum Gasteiger partial charge on any atom is -0.493 e. The number of rotatable bonds is 1. The molecule has 1 aromatic carbocycles. The van der Waals surface area contributed by atoms with Gasteiger partial charge in [-0.25, -0.2) is 0 Å². The molecule has 4 heteroatoms. The van der Waals surface area contributed by atoms with E-state index in [0.29, 0.717) is 5.92 Å². The van der Waals surface area contributed by atoms with Crippen LogP contribution in [0.2, 0.25) is 0 Å². The summed E-state index contributed by atoms with van der Waals surface area (Å²) in [5.74, 6) is 2.31. The molecule has 4 nitrogen and oxygen atoms in total. The molecular weight excluding hydrogens is 278 g/mol. The van der Waals surface area contributed by atoms with Crippen LogP contribution in [0.25, 0.3) is 0 Å². The van der Waals surface area contributed by atoms with E-state index in [1.54, 1.807) is 7.11 Å². The average molecular weight is 302 g/mol. The quantitative estimate of drug-likeness (QED) is 0.637. The summed E-state index contributed by atoms with van der Waals surface area (Å²) < 4.78 is 12.7. The molecule has 4 atom stereocenters. The van der Waals surface area contributed by atoms with Crippen LogP contribution in [0.5, 0.6) is 11.5 Å². The van der Waals surface area contributed by atoms with Crippen LogP contribution < -0.4 is 9.47 Å². The van der Waals surface area contributed by atoms with Gasteiger partial charge in [0.15, 0.2) is 11.5 Å². The molecule has 2 heterocycles. The number of ether oxygens (including phenoxy) is 2. The third kappa shape index (κ3) is 1.97. The maximum Gasteiger partial charge on any atom is 0.165 e. The number of benzene rings is 1. The summed E-state index contributed by atoms with van der Waals surface area (Å²) in [6.45, 7) is 2.13. The van der Waals surface area contributed by atoms with Gasteiger partial charge in [0.25, 0.3) is 0 Å². The lowest BCUT2D eigenvalue weighted by Gasteiger charge is -2.38. The van der Waals surface area contributed by atoms with Crippen molar-refractivity contribution in [3.8, 4) is 11.5 Å². The first-order valence-corrected chi connectivity index (χ1v) is 8.05. The Morgan fingerprint density at radius 2 is 2.09 bits per heavy atom. The zero-order valence-corrected chi connectivity index (χ0v) is 13.5. The molecule has 0 saturated heterocycles. The predicted molar refractivity (Wildman–Crippen MR) is 84.1 cm³/mol. The van der Waals surface area contributed by atoms with Crippen molar-refractivity contribution in [1.29, 1.82) is 0 Å².